The molecule has 0 heterocycles. The van der Waals surface area contributed by atoms with E-state index in [0.29, 0.717) is 5.92 Å². The predicted molar refractivity (Wildman–Crippen MR) is 145 cm³/mol. The molecule has 1 nitrogen and oxygen atoms in total. The predicted octanol–water partition coefficient (Wildman–Crippen LogP) is 11.1. The summed E-state index contributed by atoms with van der Waals surface area (Å²) in [6, 6.07) is 7.05. The van der Waals surface area contributed by atoms with Crippen LogP contribution in [0.1, 0.15) is 120 Å². The quantitative estimate of drug-likeness (QED) is 0.145. The molecule has 0 atom stereocenters. The third-order valence-corrected chi connectivity index (χ3v) is 9.21. The van der Waals surface area contributed by atoms with Crippen molar-refractivity contribution in [3.8, 4) is 5.75 Å². The summed E-state index contributed by atoms with van der Waals surface area (Å²) >= 11 is 0. The minimum Gasteiger partial charge on any atom is -0.429 e. The Morgan fingerprint density at radius 1 is 0.718 bits per heavy atom. The smallest absolute Gasteiger partial charge is 0.426 e. The lowest BCUT2D eigenvalue weighted by Gasteiger charge is -2.38. The molecular weight excluding hydrogens is 507 g/mol. The fourth-order valence-electron chi connectivity index (χ4n) is 6.82. The van der Waals surface area contributed by atoms with E-state index in [1.54, 1.807) is 12.1 Å². The third kappa shape index (κ3) is 8.20. The van der Waals surface area contributed by atoms with Crippen LogP contribution in [0.25, 0.3) is 0 Å². The summed E-state index contributed by atoms with van der Waals surface area (Å²) in [4.78, 5) is 0. The second-order valence-corrected chi connectivity index (χ2v) is 11.9. The van der Waals surface area contributed by atoms with Gasteiger partial charge in [0.1, 0.15) is 5.75 Å². The number of benzene rings is 2. The molecule has 216 valence electrons. The SMILES string of the molecule is CCCCCCCCC1CCC(C2CCC(c3ccc(OC(F)(F)c4cc(F)c(F)c(F)c4)cc3)CC2)CC1. The maximum absolute atomic E-state index is 14.5. The maximum atomic E-state index is 14.5. The average molecular weight is 551 g/mol. The first-order chi connectivity index (χ1) is 18.8. The highest BCUT2D eigenvalue weighted by Gasteiger charge is 2.37. The molecule has 2 aliphatic carbocycles. The van der Waals surface area contributed by atoms with Crippen LogP contribution < -0.4 is 4.74 Å². The zero-order valence-electron chi connectivity index (χ0n) is 23.2. The van der Waals surface area contributed by atoms with Crippen LogP contribution in [0.5, 0.6) is 5.75 Å². The Bertz CT molecular complexity index is 998. The molecule has 2 aromatic rings. The first-order valence-corrected chi connectivity index (χ1v) is 15.1. The lowest BCUT2D eigenvalue weighted by molar-refractivity contribution is -0.185. The van der Waals surface area contributed by atoms with Gasteiger partial charge in [0.05, 0.1) is 5.56 Å². The van der Waals surface area contributed by atoms with Crippen molar-refractivity contribution in [2.75, 3.05) is 0 Å². The van der Waals surface area contributed by atoms with Crippen molar-refractivity contribution in [3.05, 3.63) is 65.0 Å². The van der Waals surface area contributed by atoms with Gasteiger partial charge in [-0.05, 0) is 92.0 Å². The van der Waals surface area contributed by atoms with Crippen LogP contribution in [0.15, 0.2) is 36.4 Å². The first-order valence-electron chi connectivity index (χ1n) is 15.1. The van der Waals surface area contributed by atoms with Crippen LogP contribution in [-0.4, -0.2) is 0 Å². The lowest BCUT2D eigenvalue weighted by Crippen LogP contribution is -2.25. The van der Waals surface area contributed by atoms with E-state index < -0.39 is 29.1 Å². The van der Waals surface area contributed by atoms with Gasteiger partial charge in [-0.1, -0.05) is 76.8 Å². The Labute approximate surface area is 230 Å². The van der Waals surface area contributed by atoms with Crippen LogP contribution in [0, 0.1) is 35.2 Å². The molecule has 0 saturated heterocycles. The molecule has 0 bridgehead atoms. The molecule has 0 N–H and O–H groups in total. The molecule has 2 saturated carbocycles. The van der Waals surface area contributed by atoms with E-state index in [4.69, 9.17) is 4.74 Å². The Hall–Kier alpha value is -2.11. The fraction of sp³-hybridized carbons (Fsp3) is 0.636. The van der Waals surface area contributed by atoms with E-state index in [0.717, 1.165) is 36.2 Å². The van der Waals surface area contributed by atoms with Crippen LogP contribution in [0.4, 0.5) is 22.0 Å². The summed E-state index contributed by atoms with van der Waals surface area (Å²) in [5.74, 6) is -2.27. The molecule has 39 heavy (non-hydrogen) atoms. The Balaban J connectivity index is 1.20. The summed E-state index contributed by atoms with van der Waals surface area (Å²) in [6.45, 7) is 2.26. The summed E-state index contributed by atoms with van der Waals surface area (Å²) in [7, 11) is 0. The van der Waals surface area contributed by atoms with Gasteiger partial charge in [-0.25, -0.2) is 13.2 Å². The van der Waals surface area contributed by atoms with Gasteiger partial charge in [-0.3, -0.25) is 0 Å². The van der Waals surface area contributed by atoms with Crippen LogP contribution >= 0.6 is 0 Å². The normalized spacial score (nSPS) is 24.1. The van der Waals surface area contributed by atoms with Crippen LogP contribution in [0.3, 0.4) is 0 Å². The topological polar surface area (TPSA) is 9.23 Å². The molecule has 2 aromatic carbocycles. The number of rotatable bonds is 12. The van der Waals surface area contributed by atoms with Gasteiger partial charge in [0.15, 0.2) is 17.5 Å². The molecule has 2 fully saturated rings. The molecular formula is C33H43F5O. The largest absolute Gasteiger partial charge is 0.429 e. The molecule has 0 radical (unpaired) electrons. The number of unbranched alkanes of at least 4 members (excludes halogenated alkanes) is 5. The molecule has 0 aromatic heterocycles. The van der Waals surface area contributed by atoms with Gasteiger partial charge in [0, 0.05) is 0 Å². The number of halogens is 5. The van der Waals surface area contributed by atoms with Gasteiger partial charge in [0.25, 0.3) is 0 Å². The van der Waals surface area contributed by atoms with Gasteiger partial charge >= 0.3 is 6.11 Å². The Kier molecular flexibility index (Phi) is 10.7. The number of ether oxygens (including phenoxy) is 1. The van der Waals surface area contributed by atoms with E-state index in [1.165, 1.54) is 95.6 Å². The summed E-state index contributed by atoms with van der Waals surface area (Å²) in [5, 5.41) is 0. The molecule has 0 amide bonds. The van der Waals surface area contributed by atoms with Gasteiger partial charge < -0.3 is 4.74 Å². The van der Waals surface area contributed by atoms with E-state index >= 15 is 0 Å². The van der Waals surface area contributed by atoms with Crippen molar-refractivity contribution < 1.29 is 26.7 Å². The monoisotopic (exact) mass is 550 g/mol. The molecule has 4 rings (SSSR count). The first kappa shape index (κ1) is 29.9. The highest BCUT2D eigenvalue weighted by atomic mass is 19.3. The molecule has 0 aliphatic heterocycles. The van der Waals surface area contributed by atoms with Gasteiger partial charge in [-0.15, -0.1) is 0 Å². The zero-order valence-corrected chi connectivity index (χ0v) is 23.2. The van der Waals surface area contributed by atoms with E-state index in [-0.39, 0.29) is 17.9 Å². The highest BCUT2D eigenvalue weighted by Crippen LogP contribution is 2.45. The second-order valence-electron chi connectivity index (χ2n) is 11.9. The molecule has 6 heteroatoms. The van der Waals surface area contributed by atoms with Crippen molar-refractivity contribution >= 4 is 0 Å². The maximum Gasteiger partial charge on any atom is 0.426 e. The third-order valence-electron chi connectivity index (χ3n) is 9.21. The molecule has 0 spiro atoms. The minimum atomic E-state index is -4.00. The average Bonchev–Trinajstić information content (AvgIpc) is 2.94. The summed E-state index contributed by atoms with van der Waals surface area (Å²) < 4.78 is 73.7. The highest BCUT2D eigenvalue weighted by molar-refractivity contribution is 5.31. The van der Waals surface area contributed by atoms with Crippen molar-refractivity contribution in [2.45, 2.75) is 115 Å². The van der Waals surface area contributed by atoms with E-state index in [9.17, 15) is 22.0 Å². The van der Waals surface area contributed by atoms with Crippen LogP contribution in [0.2, 0.25) is 0 Å². The number of alkyl halides is 2. The summed E-state index contributed by atoms with van der Waals surface area (Å²) in [6.07, 6.45) is 15.8. The van der Waals surface area contributed by atoms with Crippen molar-refractivity contribution in [1.82, 2.24) is 0 Å². The lowest BCUT2D eigenvalue weighted by atomic mass is 9.68. The van der Waals surface area contributed by atoms with Crippen molar-refractivity contribution in [2.24, 2.45) is 17.8 Å². The van der Waals surface area contributed by atoms with Crippen molar-refractivity contribution in [1.29, 1.82) is 0 Å². The molecule has 0 unspecified atom stereocenters. The van der Waals surface area contributed by atoms with Crippen molar-refractivity contribution in [3.63, 3.8) is 0 Å². The van der Waals surface area contributed by atoms with Crippen LogP contribution in [-0.2, 0) is 6.11 Å². The van der Waals surface area contributed by atoms with Gasteiger partial charge in [-0.2, -0.15) is 8.78 Å². The summed E-state index contributed by atoms with van der Waals surface area (Å²) in [5.41, 5.74) is 0.0309. The van der Waals surface area contributed by atoms with Gasteiger partial charge in [0.2, 0.25) is 0 Å². The Morgan fingerprint density at radius 3 is 1.85 bits per heavy atom. The zero-order chi connectivity index (χ0) is 27.8. The number of hydrogen-bond acceptors (Lipinski definition) is 1. The Morgan fingerprint density at radius 2 is 1.26 bits per heavy atom. The fourth-order valence-corrected chi connectivity index (χ4v) is 6.82. The van der Waals surface area contributed by atoms with E-state index in [1.807, 2.05) is 0 Å². The standard InChI is InChI=1S/C33H43F5O/c1-2-3-4-5-6-7-8-23-9-11-24(12-10-23)25-13-15-26(16-14-25)27-17-19-29(20-18-27)39-33(37,38)28-21-30(34)32(36)31(35)22-28/h17-26H,2-16H2,1H3. The molecule has 2 aliphatic rings. The number of hydrogen-bond donors (Lipinski definition) is 0. The van der Waals surface area contributed by atoms with E-state index in [2.05, 4.69) is 6.92 Å². The minimum absolute atomic E-state index is 0.111. The second kappa shape index (κ2) is 14.0.